The van der Waals surface area contributed by atoms with Gasteiger partial charge in [-0.2, -0.15) is 10.4 Å². The van der Waals surface area contributed by atoms with Gasteiger partial charge in [-0.05, 0) is 17.7 Å². The maximum atomic E-state index is 12.3. The van der Waals surface area contributed by atoms with Gasteiger partial charge < -0.3 is 14.4 Å². The molecule has 7 nitrogen and oxygen atoms in total. The molecule has 1 aliphatic rings. The fourth-order valence-electron chi connectivity index (χ4n) is 2.98. The van der Waals surface area contributed by atoms with Crippen LogP contribution >= 0.6 is 0 Å². The molecule has 0 spiro atoms. The van der Waals surface area contributed by atoms with Crippen LogP contribution in [0, 0.1) is 11.3 Å². The topological polar surface area (TPSA) is 87.0 Å². The summed E-state index contributed by atoms with van der Waals surface area (Å²) in [5, 5.41) is 13.3. The zero-order valence-electron chi connectivity index (χ0n) is 15.7. The van der Waals surface area contributed by atoms with Crippen molar-refractivity contribution in [2.75, 3.05) is 38.3 Å². The van der Waals surface area contributed by atoms with Crippen molar-refractivity contribution in [2.24, 2.45) is 5.10 Å². The summed E-state index contributed by atoms with van der Waals surface area (Å²) < 4.78 is 10.8. The van der Waals surface area contributed by atoms with Gasteiger partial charge in [0.25, 0.3) is 5.91 Å². The molecule has 0 unspecified atom stereocenters. The number of benzene rings is 2. The quantitative estimate of drug-likeness (QED) is 0.616. The lowest BCUT2D eigenvalue weighted by molar-refractivity contribution is -0.121. The first-order chi connectivity index (χ1) is 13.7. The summed E-state index contributed by atoms with van der Waals surface area (Å²) in [4.78, 5) is 14.5. The van der Waals surface area contributed by atoms with Crippen LogP contribution in [0.15, 0.2) is 53.6 Å². The summed E-state index contributed by atoms with van der Waals surface area (Å²) in [6, 6.07) is 16.7. The number of hydrogen-bond donors (Lipinski definition) is 1. The largest absolute Gasteiger partial charge is 0.496 e. The Kier molecular flexibility index (Phi) is 6.60. The lowest BCUT2D eigenvalue weighted by atomic mass is 10.0. The number of ether oxygens (including phenoxy) is 2. The molecule has 0 saturated carbocycles. The van der Waals surface area contributed by atoms with Gasteiger partial charge in [0, 0.05) is 30.4 Å². The van der Waals surface area contributed by atoms with Crippen molar-refractivity contribution in [1.29, 1.82) is 5.26 Å². The van der Waals surface area contributed by atoms with E-state index in [1.165, 1.54) is 6.21 Å². The molecule has 3 rings (SSSR count). The molecule has 0 aromatic heterocycles. The van der Waals surface area contributed by atoms with Gasteiger partial charge in [0.15, 0.2) is 5.92 Å². The highest BCUT2D eigenvalue weighted by Gasteiger charge is 2.19. The van der Waals surface area contributed by atoms with Crippen LogP contribution in [0.25, 0.3) is 0 Å². The smallest absolute Gasteiger partial charge is 0.261 e. The average molecular weight is 378 g/mol. The summed E-state index contributed by atoms with van der Waals surface area (Å²) in [6.07, 6.45) is 1.51. The summed E-state index contributed by atoms with van der Waals surface area (Å²) in [5.41, 5.74) is 4.85. The Morgan fingerprint density at radius 1 is 1.29 bits per heavy atom. The van der Waals surface area contributed by atoms with Crippen molar-refractivity contribution < 1.29 is 14.3 Å². The molecule has 28 heavy (non-hydrogen) atoms. The van der Waals surface area contributed by atoms with E-state index >= 15 is 0 Å². The number of nitriles is 1. The van der Waals surface area contributed by atoms with Gasteiger partial charge in [-0.3, -0.25) is 4.79 Å². The molecule has 1 amide bonds. The first-order valence-electron chi connectivity index (χ1n) is 9.01. The Labute approximate surface area is 164 Å². The normalized spacial score (nSPS) is 15.1. The lowest BCUT2D eigenvalue weighted by Gasteiger charge is -2.29. The van der Waals surface area contributed by atoms with Crippen LogP contribution in [0.1, 0.15) is 17.0 Å². The summed E-state index contributed by atoms with van der Waals surface area (Å²) in [5.74, 6) is -0.736. The second-order valence-corrected chi connectivity index (χ2v) is 6.23. The zero-order chi connectivity index (χ0) is 19.8. The molecule has 0 radical (unpaired) electrons. The highest BCUT2D eigenvalue weighted by atomic mass is 16.5. The molecule has 1 fully saturated rings. The Hall–Kier alpha value is -3.37. The molecule has 2 aromatic rings. The number of morpholine rings is 1. The minimum Gasteiger partial charge on any atom is -0.496 e. The maximum Gasteiger partial charge on any atom is 0.261 e. The monoisotopic (exact) mass is 378 g/mol. The van der Waals surface area contributed by atoms with Crippen molar-refractivity contribution in [3.63, 3.8) is 0 Å². The highest BCUT2D eigenvalue weighted by molar-refractivity contribution is 5.89. The number of anilines is 1. The lowest BCUT2D eigenvalue weighted by Crippen LogP contribution is -2.36. The minimum atomic E-state index is -0.913. The Bertz CT molecular complexity index is 871. The summed E-state index contributed by atoms with van der Waals surface area (Å²) in [6.45, 7) is 3.08. The summed E-state index contributed by atoms with van der Waals surface area (Å²) >= 11 is 0. The van der Waals surface area contributed by atoms with Crippen molar-refractivity contribution in [1.82, 2.24) is 5.43 Å². The molecule has 1 saturated heterocycles. The van der Waals surface area contributed by atoms with E-state index in [1.807, 2.05) is 30.3 Å². The standard InChI is InChI=1S/C21H22N4O3/c1-27-20-13-18(25-9-11-28-12-10-25)8-7-17(20)15-23-24-21(26)19(14-22)16-5-3-2-4-6-16/h2-8,13,15,19H,9-12H2,1H3,(H,24,26)/b23-15-/t19-/m1/s1. The van der Waals surface area contributed by atoms with Crippen LogP contribution in [0.3, 0.4) is 0 Å². The van der Waals surface area contributed by atoms with Gasteiger partial charge in [0.2, 0.25) is 0 Å². The van der Waals surface area contributed by atoms with Gasteiger partial charge >= 0.3 is 0 Å². The second-order valence-electron chi connectivity index (χ2n) is 6.23. The molecule has 2 aromatic carbocycles. The Morgan fingerprint density at radius 3 is 2.71 bits per heavy atom. The molecule has 1 aliphatic heterocycles. The van der Waals surface area contributed by atoms with E-state index in [2.05, 4.69) is 15.4 Å². The van der Waals surface area contributed by atoms with E-state index in [0.29, 0.717) is 24.5 Å². The van der Waals surface area contributed by atoms with Crippen LogP contribution < -0.4 is 15.1 Å². The number of hydrogen-bond acceptors (Lipinski definition) is 6. The third kappa shape index (κ3) is 4.67. The van der Waals surface area contributed by atoms with E-state index in [0.717, 1.165) is 24.3 Å². The summed E-state index contributed by atoms with van der Waals surface area (Å²) in [7, 11) is 1.59. The van der Waals surface area contributed by atoms with E-state index in [4.69, 9.17) is 9.47 Å². The Morgan fingerprint density at radius 2 is 2.04 bits per heavy atom. The fourth-order valence-corrected chi connectivity index (χ4v) is 2.98. The number of carbonyl (C=O) groups excluding carboxylic acids is 1. The molecule has 1 atom stereocenters. The molecule has 0 bridgehead atoms. The molecular weight excluding hydrogens is 356 g/mol. The predicted molar refractivity (Wildman–Crippen MR) is 107 cm³/mol. The number of amides is 1. The molecule has 1 N–H and O–H groups in total. The van der Waals surface area contributed by atoms with E-state index in [1.54, 1.807) is 31.4 Å². The van der Waals surface area contributed by atoms with Crippen molar-refractivity contribution >= 4 is 17.8 Å². The van der Waals surface area contributed by atoms with Crippen LogP contribution in [0.4, 0.5) is 5.69 Å². The van der Waals surface area contributed by atoms with Crippen molar-refractivity contribution in [2.45, 2.75) is 5.92 Å². The van der Waals surface area contributed by atoms with Gasteiger partial charge in [0.05, 0.1) is 32.6 Å². The minimum absolute atomic E-state index is 0.478. The molecule has 144 valence electrons. The molecule has 7 heteroatoms. The van der Waals surface area contributed by atoms with Crippen LogP contribution in [-0.2, 0) is 9.53 Å². The van der Waals surface area contributed by atoms with Crippen molar-refractivity contribution in [3.8, 4) is 11.8 Å². The van der Waals surface area contributed by atoms with Gasteiger partial charge in [-0.25, -0.2) is 5.43 Å². The predicted octanol–water partition coefficient (Wildman–Crippen LogP) is 2.29. The van der Waals surface area contributed by atoms with Gasteiger partial charge in [-0.1, -0.05) is 30.3 Å². The number of carbonyl (C=O) groups is 1. The second kappa shape index (κ2) is 9.53. The molecular formula is C21H22N4O3. The molecule has 0 aliphatic carbocycles. The first kappa shape index (κ1) is 19.4. The van der Waals surface area contributed by atoms with E-state index in [9.17, 15) is 10.1 Å². The van der Waals surface area contributed by atoms with Crippen LogP contribution in [-0.4, -0.2) is 45.5 Å². The van der Waals surface area contributed by atoms with E-state index in [-0.39, 0.29) is 0 Å². The van der Waals surface area contributed by atoms with Crippen LogP contribution in [0.5, 0.6) is 5.75 Å². The number of methoxy groups -OCH3 is 1. The first-order valence-corrected chi connectivity index (χ1v) is 9.01. The van der Waals surface area contributed by atoms with Gasteiger partial charge in [-0.15, -0.1) is 0 Å². The zero-order valence-corrected chi connectivity index (χ0v) is 15.7. The number of hydrazone groups is 1. The molecule has 1 heterocycles. The number of nitrogens with one attached hydrogen (secondary N) is 1. The van der Waals surface area contributed by atoms with Crippen LogP contribution in [0.2, 0.25) is 0 Å². The fraction of sp³-hybridized carbons (Fsp3) is 0.286. The maximum absolute atomic E-state index is 12.3. The highest BCUT2D eigenvalue weighted by Crippen LogP contribution is 2.25. The van der Waals surface area contributed by atoms with E-state index < -0.39 is 11.8 Å². The SMILES string of the molecule is COc1cc(N2CCOCC2)ccc1/C=N\NC(=O)[C@H](C#N)c1ccccc1. The van der Waals surface area contributed by atoms with Crippen molar-refractivity contribution in [3.05, 3.63) is 59.7 Å². The third-order valence-electron chi connectivity index (χ3n) is 4.50. The average Bonchev–Trinajstić information content (AvgIpc) is 2.76. The number of rotatable bonds is 6. The van der Waals surface area contributed by atoms with Gasteiger partial charge in [0.1, 0.15) is 5.75 Å². The number of nitrogens with zero attached hydrogens (tertiary/aromatic N) is 3. The third-order valence-corrected chi connectivity index (χ3v) is 4.50. The Balaban J connectivity index is 1.68.